The van der Waals surface area contributed by atoms with E-state index in [0.29, 0.717) is 44.4 Å². The van der Waals surface area contributed by atoms with Gasteiger partial charge in [0.15, 0.2) is 18.2 Å². The molecule has 168 valence electrons. The molecule has 0 atom stereocenters. The highest BCUT2D eigenvalue weighted by atomic mass is 19.1. The molecule has 10 nitrogen and oxygen atoms in total. The number of aryl methyl sites for hydroxylation is 1. The number of benzene rings is 1. The molecule has 4 rings (SSSR count). The van der Waals surface area contributed by atoms with E-state index in [9.17, 15) is 9.18 Å². The topological polar surface area (TPSA) is 101 Å². The SMILES string of the molecule is Cc1nonc1N1CCN(C(=O)COc2ccc(N(C)Cc3ccc(F)cc3)nn2)CC1. The molecule has 3 aromatic rings. The molecule has 1 amide bonds. The van der Waals surface area contributed by atoms with Crippen molar-refractivity contribution in [1.29, 1.82) is 0 Å². The molecule has 1 aromatic carbocycles. The molecule has 0 radical (unpaired) electrons. The Labute approximate surface area is 184 Å². The molecule has 1 saturated heterocycles. The Morgan fingerprint density at radius 3 is 2.47 bits per heavy atom. The highest BCUT2D eigenvalue weighted by Crippen LogP contribution is 2.17. The normalized spacial score (nSPS) is 13.8. The fraction of sp³-hybridized carbons (Fsp3) is 0.381. The van der Waals surface area contributed by atoms with Gasteiger partial charge in [0.1, 0.15) is 11.5 Å². The van der Waals surface area contributed by atoms with Crippen LogP contribution in [-0.2, 0) is 11.3 Å². The van der Waals surface area contributed by atoms with E-state index < -0.39 is 0 Å². The summed E-state index contributed by atoms with van der Waals surface area (Å²) in [6, 6.07) is 9.75. The van der Waals surface area contributed by atoms with Crippen LogP contribution in [0.3, 0.4) is 0 Å². The number of carbonyl (C=O) groups excluding carboxylic acids is 1. The van der Waals surface area contributed by atoms with E-state index in [-0.39, 0.29) is 24.2 Å². The molecular formula is C21H24FN7O3. The third kappa shape index (κ3) is 5.10. The second-order valence-corrected chi connectivity index (χ2v) is 7.54. The van der Waals surface area contributed by atoms with E-state index >= 15 is 0 Å². The predicted octanol–water partition coefficient (Wildman–Crippen LogP) is 1.67. The summed E-state index contributed by atoms with van der Waals surface area (Å²) >= 11 is 0. The maximum atomic E-state index is 13.0. The number of hydrogen-bond acceptors (Lipinski definition) is 9. The molecule has 0 spiro atoms. The third-order valence-electron chi connectivity index (χ3n) is 5.25. The van der Waals surface area contributed by atoms with Gasteiger partial charge in [-0.15, -0.1) is 10.2 Å². The number of ether oxygens (including phenoxy) is 1. The number of nitrogens with zero attached hydrogens (tertiary/aromatic N) is 7. The molecule has 0 saturated carbocycles. The van der Waals surface area contributed by atoms with Crippen LogP contribution in [0, 0.1) is 12.7 Å². The summed E-state index contributed by atoms with van der Waals surface area (Å²) in [5.74, 6) is 1.26. The van der Waals surface area contributed by atoms with Crippen molar-refractivity contribution in [2.24, 2.45) is 0 Å². The van der Waals surface area contributed by atoms with Crippen LogP contribution in [0.15, 0.2) is 41.0 Å². The monoisotopic (exact) mass is 441 g/mol. The van der Waals surface area contributed by atoms with Gasteiger partial charge in [0.25, 0.3) is 5.91 Å². The lowest BCUT2D eigenvalue weighted by Gasteiger charge is -2.34. The maximum absolute atomic E-state index is 13.0. The minimum atomic E-state index is -0.267. The maximum Gasteiger partial charge on any atom is 0.260 e. The van der Waals surface area contributed by atoms with Crippen molar-refractivity contribution in [2.75, 3.05) is 49.6 Å². The molecule has 1 aliphatic heterocycles. The van der Waals surface area contributed by atoms with Crippen molar-refractivity contribution in [3.63, 3.8) is 0 Å². The van der Waals surface area contributed by atoms with E-state index in [0.717, 1.165) is 11.3 Å². The molecule has 0 bridgehead atoms. The van der Waals surface area contributed by atoms with Crippen LogP contribution in [0.1, 0.15) is 11.3 Å². The Bertz CT molecular complexity index is 1030. The largest absolute Gasteiger partial charge is 0.466 e. The summed E-state index contributed by atoms with van der Waals surface area (Å²) in [4.78, 5) is 18.2. The minimum Gasteiger partial charge on any atom is -0.466 e. The highest BCUT2D eigenvalue weighted by Gasteiger charge is 2.24. The molecule has 32 heavy (non-hydrogen) atoms. The zero-order valence-corrected chi connectivity index (χ0v) is 17.9. The molecule has 0 N–H and O–H groups in total. The van der Waals surface area contributed by atoms with E-state index in [1.807, 2.05) is 23.8 Å². The van der Waals surface area contributed by atoms with Crippen LogP contribution in [0.25, 0.3) is 0 Å². The molecule has 2 aromatic heterocycles. The number of carbonyl (C=O) groups is 1. The van der Waals surface area contributed by atoms with E-state index in [2.05, 4.69) is 20.5 Å². The van der Waals surface area contributed by atoms with Crippen LogP contribution < -0.4 is 14.5 Å². The van der Waals surface area contributed by atoms with E-state index in [4.69, 9.17) is 9.37 Å². The number of hydrogen-bond donors (Lipinski definition) is 0. The van der Waals surface area contributed by atoms with Gasteiger partial charge in [0.2, 0.25) is 5.88 Å². The van der Waals surface area contributed by atoms with Crippen molar-refractivity contribution in [1.82, 2.24) is 25.4 Å². The Kier molecular flexibility index (Phi) is 6.43. The number of aromatic nitrogens is 4. The number of anilines is 2. The van der Waals surface area contributed by atoms with Gasteiger partial charge in [0.05, 0.1) is 0 Å². The van der Waals surface area contributed by atoms with Crippen molar-refractivity contribution in [3.05, 3.63) is 53.5 Å². The average Bonchev–Trinajstić information content (AvgIpc) is 3.25. The Morgan fingerprint density at radius 2 is 1.84 bits per heavy atom. The van der Waals surface area contributed by atoms with Gasteiger partial charge in [-0.2, -0.15) is 0 Å². The lowest BCUT2D eigenvalue weighted by Crippen LogP contribution is -2.50. The summed E-state index contributed by atoms with van der Waals surface area (Å²) in [6.07, 6.45) is 0. The van der Waals surface area contributed by atoms with Crippen LogP contribution in [0.4, 0.5) is 16.0 Å². The van der Waals surface area contributed by atoms with Crippen LogP contribution in [-0.4, -0.2) is 71.2 Å². The zero-order valence-electron chi connectivity index (χ0n) is 17.9. The Balaban J connectivity index is 1.24. The van der Waals surface area contributed by atoms with Gasteiger partial charge >= 0.3 is 0 Å². The predicted molar refractivity (Wildman–Crippen MR) is 114 cm³/mol. The van der Waals surface area contributed by atoms with Gasteiger partial charge in [0, 0.05) is 45.8 Å². The molecule has 3 heterocycles. The van der Waals surface area contributed by atoms with Crippen molar-refractivity contribution < 1.29 is 18.6 Å². The molecule has 1 fully saturated rings. The van der Waals surface area contributed by atoms with Crippen molar-refractivity contribution in [2.45, 2.75) is 13.5 Å². The molecule has 11 heteroatoms. The Hall–Kier alpha value is -3.76. The number of amides is 1. The van der Waals surface area contributed by atoms with Gasteiger partial charge < -0.3 is 19.4 Å². The van der Waals surface area contributed by atoms with Crippen molar-refractivity contribution in [3.8, 4) is 5.88 Å². The van der Waals surface area contributed by atoms with Crippen molar-refractivity contribution >= 4 is 17.5 Å². The molecular weight excluding hydrogens is 417 g/mol. The van der Waals surface area contributed by atoms with E-state index in [1.165, 1.54) is 12.1 Å². The average molecular weight is 441 g/mol. The zero-order chi connectivity index (χ0) is 22.5. The summed E-state index contributed by atoms with van der Waals surface area (Å²) in [7, 11) is 1.87. The highest BCUT2D eigenvalue weighted by molar-refractivity contribution is 5.78. The first-order valence-electron chi connectivity index (χ1n) is 10.2. The first-order valence-corrected chi connectivity index (χ1v) is 10.2. The van der Waals surface area contributed by atoms with Gasteiger partial charge in [-0.05, 0) is 35.8 Å². The summed E-state index contributed by atoms with van der Waals surface area (Å²) < 4.78 is 23.3. The fourth-order valence-corrected chi connectivity index (χ4v) is 3.45. The smallest absolute Gasteiger partial charge is 0.260 e. The van der Waals surface area contributed by atoms with Crippen LogP contribution >= 0.6 is 0 Å². The van der Waals surface area contributed by atoms with Crippen LogP contribution in [0.5, 0.6) is 5.88 Å². The summed E-state index contributed by atoms with van der Waals surface area (Å²) in [5.41, 5.74) is 1.69. The quantitative estimate of drug-likeness (QED) is 0.542. The fourth-order valence-electron chi connectivity index (χ4n) is 3.45. The lowest BCUT2D eigenvalue weighted by atomic mass is 10.2. The lowest BCUT2D eigenvalue weighted by molar-refractivity contribution is -0.133. The number of rotatable bonds is 7. The van der Waals surface area contributed by atoms with Gasteiger partial charge in [-0.1, -0.05) is 17.3 Å². The number of piperazine rings is 1. The second kappa shape index (κ2) is 9.58. The number of halogens is 1. The molecule has 0 aliphatic carbocycles. The summed E-state index contributed by atoms with van der Waals surface area (Å²) in [6.45, 7) is 4.71. The first-order chi connectivity index (χ1) is 15.5. The molecule has 1 aliphatic rings. The van der Waals surface area contributed by atoms with Gasteiger partial charge in [-0.25, -0.2) is 9.02 Å². The Morgan fingerprint density at radius 1 is 1.09 bits per heavy atom. The second-order valence-electron chi connectivity index (χ2n) is 7.54. The molecule has 0 unspecified atom stereocenters. The minimum absolute atomic E-state index is 0.107. The van der Waals surface area contributed by atoms with Gasteiger partial charge in [-0.3, -0.25) is 4.79 Å². The summed E-state index contributed by atoms with van der Waals surface area (Å²) in [5, 5.41) is 15.9. The first kappa shape index (κ1) is 21.5. The van der Waals surface area contributed by atoms with Crippen LogP contribution in [0.2, 0.25) is 0 Å². The standard InChI is InChI=1S/C21H24FN7O3/c1-15-21(26-32-25-15)29-11-9-28(10-12-29)20(30)14-31-19-8-7-18(23-24-19)27(2)13-16-3-5-17(22)6-4-16/h3-8H,9-14H2,1-2H3. The van der Waals surface area contributed by atoms with E-state index in [1.54, 1.807) is 29.2 Å². The third-order valence-corrected chi connectivity index (χ3v) is 5.25.